The Hall–Kier alpha value is -1.10. The van der Waals surface area contributed by atoms with Gasteiger partial charge in [-0.2, -0.15) is 0 Å². The highest BCUT2D eigenvalue weighted by atomic mass is 16.6. The van der Waals surface area contributed by atoms with Gasteiger partial charge in [-0.25, -0.2) is 4.79 Å². The number of carbonyl (C=O) groups is 2. The topological polar surface area (TPSA) is 55.8 Å². The van der Waals surface area contributed by atoms with Crippen molar-refractivity contribution in [3.8, 4) is 0 Å². The van der Waals surface area contributed by atoms with E-state index in [4.69, 9.17) is 9.47 Å². The van der Waals surface area contributed by atoms with Crippen LogP contribution in [0.25, 0.3) is 0 Å². The lowest BCUT2D eigenvalue weighted by atomic mass is 10.1. The third kappa shape index (κ3) is 3.70. The van der Waals surface area contributed by atoms with Gasteiger partial charge in [0.1, 0.15) is 17.1 Å². The van der Waals surface area contributed by atoms with Crippen LogP contribution in [-0.2, 0) is 14.3 Å². The summed E-state index contributed by atoms with van der Waals surface area (Å²) in [6.45, 7) is 10.9. The van der Waals surface area contributed by atoms with E-state index in [-0.39, 0.29) is 11.8 Å². The van der Waals surface area contributed by atoms with E-state index in [9.17, 15) is 9.59 Å². The summed E-state index contributed by atoms with van der Waals surface area (Å²) in [6.07, 6.45) is -0.140. The molecule has 0 aromatic heterocycles. The van der Waals surface area contributed by atoms with Crippen LogP contribution in [0.3, 0.4) is 0 Å². The molecule has 5 nitrogen and oxygen atoms in total. The summed E-state index contributed by atoms with van der Waals surface area (Å²) in [6, 6.07) is -0.243. The van der Waals surface area contributed by atoms with Crippen molar-refractivity contribution in [3.63, 3.8) is 0 Å². The predicted octanol–water partition coefficient (Wildman–Crippen LogP) is 2.34. The standard InChI is InChI=1S/C13H23NO4/c1-9(15)7-10-8-17-13(5,6)14(10)11(16)18-12(2,3)4/h10H,7-8H2,1-6H3. The average Bonchev–Trinajstić information content (AvgIpc) is 2.36. The molecule has 18 heavy (non-hydrogen) atoms. The van der Waals surface area contributed by atoms with Crippen molar-refractivity contribution >= 4 is 11.9 Å². The van der Waals surface area contributed by atoms with Gasteiger partial charge >= 0.3 is 6.09 Å². The van der Waals surface area contributed by atoms with Crippen molar-refractivity contribution in [1.82, 2.24) is 4.90 Å². The maximum atomic E-state index is 12.2. The minimum Gasteiger partial charge on any atom is -0.444 e. The molecule has 1 amide bonds. The third-order valence-electron chi connectivity index (χ3n) is 2.69. The van der Waals surface area contributed by atoms with Gasteiger partial charge in [0.2, 0.25) is 0 Å². The van der Waals surface area contributed by atoms with Gasteiger partial charge in [0, 0.05) is 6.42 Å². The first-order valence-electron chi connectivity index (χ1n) is 6.18. The second-order valence-electron chi connectivity index (χ2n) is 6.17. The van der Waals surface area contributed by atoms with Gasteiger partial charge in [0.15, 0.2) is 0 Å². The van der Waals surface area contributed by atoms with E-state index in [1.165, 1.54) is 11.8 Å². The Kier molecular flexibility index (Phi) is 4.05. The summed E-state index contributed by atoms with van der Waals surface area (Å²) in [5.74, 6) is 0.0369. The fourth-order valence-electron chi connectivity index (χ4n) is 2.05. The Morgan fingerprint density at radius 1 is 1.39 bits per heavy atom. The predicted molar refractivity (Wildman–Crippen MR) is 67.2 cm³/mol. The molecule has 1 heterocycles. The zero-order valence-electron chi connectivity index (χ0n) is 12.1. The Morgan fingerprint density at radius 2 is 1.94 bits per heavy atom. The Morgan fingerprint density at radius 3 is 2.39 bits per heavy atom. The van der Waals surface area contributed by atoms with Gasteiger partial charge in [-0.15, -0.1) is 0 Å². The lowest BCUT2D eigenvalue weighted by Crippen LogP contribution is -2.50. The van der Waals surface area contributed by atoms with Gasteiger partial charge in [-0.05, 0) is 41.5 Å². The highest BCUT2D eigenvalue weighted by Crippen LogP contribution is 2.30. The molecule has 0 aromatic rings. The van der Waals surface area contributed by atoms with Gasteiger partial charge in [0.25, 0.3) is 0 Å². The number of Topliss-reactive ketones (excluding diaryl/α,β-unsaturated/α-hetero) is 1. The highest BCUT2D eigenvalue weighted by molar-refractivity contribution is 5.77. The van der Waals surface area contributed by atoms with Crippen molar-refractivity contribution in [2.24, 2.45) is 0 Å². The first-order chi connectivity index (χ1) is 8.03. The molecular formula is C13H23NO4. The molecule has 1 rings (SSSR count). The molecule has 1 aliphatic heterocycles. The maximum absolute atomic E-state index is 12.2. The van der Waals surface area contributed by atoms with E-state index in [2.05, 4.69) is 0 Å². The minimum atomic E-state index is -0.734. The number of ketones is 1. The lowest BCUT2D eigenvalue weighted by Gasteiger charge is -2.34. The van der Waals surface area contributed by atoms with Crippen LogP contribution in [0.2, 0.25) is 0 Å². The van der Waals surface area contributed by atoms with E-state index in [0.717, 1.165) is 0 Å². The molecule has 1 saturated heterocycles. The van der Waals surface area contributed by atoms with Crippen LogP contribution in [0.15, 0.2) is 0 Å². The molecule has 0 aliphatic carbocycles. The fraction of sp³-hybridized carbons (Fsp3) is 0.846. The van der Waals surface area contributed by atoms with E-state index in [1.807, 2.05) is 20.8 Å². The van der Waals surface area contributed by atoms with Crippen LogP contribution in [0.1, 0.15) is 48.0 Å². The number of carbonyl (C=O) groups excluding carboxylic acids is 2. The smallest absolute Gasteiger partial charge is 0.412 e. The summed E-state index contributed by atoms with van der Waals surface area (Å²) >= 11 is 0. The van der Waals surface area contributed by atoms with E-state index >= 15 is 0 Å². The largest absolute Gasteiger partial charge is 0.444 e. The van der Waals surface area contributed by atoms with E-state index in [0.29, 0.717) is 13.0 Å². The SMILES string of the molecule is CC(=O)CC1COC(C)(C)N1C(=O)OC(C)(C)C. The monoisotopic (exact) mass is 257 g/mol. The molecule has 0 radical (unpaired) electrons. The highest BCUT2D eigenvalue weighted by Gasteiger charge is 2.45. The molecule has 1 aliphatic rings. The second kappa shape index (κ2) is 4.88. The normalized spacial score (nSPS) is 23.0. The maximum Gasteiger partial charge on any atom is 0.412 e. The molecular weight excluding hydrogens is 234 g/mol. The number of ether oxygens (including phenoxy) is 2. The number of nitrogens with zero attached hydrogens (tertiary/aromatic N) is 1. The molecule has 0 spiro atoms. The molecule has 1 atom stereocenters. The van der Waals surface area contributed by atoms with Gasteiger partial charge < -0.3 is 9.47 Å². The molecule has 0 N–H and O–H groups in total. The molecule has 0 saturated carbocycles. The Labute approximate surface area is 108 Å². The first-order valence-corrected chi connectivity index (χ1v) is 6.18. The quantitative estimate of drug-likeness (QED) is 0.762. The second-order valence-corrected chi connectivity index (χ2v) is 6.17. The van der Waals surface area contributed by atoms with Crippen LogP contribution in [0.4, 0.5) is 4.79 Å². The van der Waals surface area contributed by atoms with Crippen molar-refractivity contribution in [1.29, 1.82) is 0 Å². The van der Waals surface area contributed by atoms with Crippen LogP contribution in [-0.4, -0.2) is 40.8 Å². The van der Waals surface area contributed by atoms with Gasteiger partial charge in [-0.1, -0.05) is 0 Å². The number of hydrogen-bond donors (Lipinski definition) is 0. The zero-order chi connectivity index (χ0) is 14.1. The summed E-state index contributed by atoms with van der Waals surface area (Å²) < 4.78 is 10.9. The molecule has 0 aromatic carbocycles. The Balaban J connectivity index is 2.85. The minimum absolute atomic E-state index is 0.0369. The number of rotatable bonds is 2. The molecule has 1 fully saturated rings. The van der Waals surface area contributed by atoms with Crippen molar-refractivity contribution in [3.05, 3.63) is 0 Å². The summed E-state index contributed by atoms with van der Waals surface area (Å²) in [7, 11) is 0. The number of amides is 1. The van der Waals surface area contributed by atoms with Gasteiger partial charge in [0.05, 0.1) is 12.6 Å². The van der Waals surface area contributed by atoms with Crippen molar-refractivity contribution < 1.29 is 19.1 Å². The van der Waals surface area contributed by atoms with Crippen molar-refractivity contribution in [2.75, 3.05) is 6.61 Å². The summed E-state index contributed by atoms with van der Waals surface area (Å²) in [5.41, 5.74) is -1.29. The molecule has 5 heteroatoms. The van der Waals surface area contributed by atoms with Crippen molar-refractivity contribution in [2.45, 2.75) is 65.3 Å². The van der Waals surface area contributed by atoms with Crippen LogP contribution >= 0.6 is 0 Å². The molecule has 0 bridgehead atoms. The zero-order valence-corrected chi connectivity index (χ0v) is 12.1. The summed E-state index contributed by atoms with van der Waals surface area (Å²) in [4.78, 5) is 24.9. The van der Waals surface area contributed by atoms with E-state index < -0.39 is 17.4 Å². The fourth-order valence-corrected chi connectivity index (χ4v) is 2.05. The lowest BCUT2D eigenvalue weighted by molar-refractivity contribution is -0.118. The first kappa shape index (κ1) is 15.0. The third-order valence-corrected chi connectivity index (χ3v) is 2.69. The van der Waals surface area contributed by atoms with E-state index in [1.54, 1.807) is 13.8 Å². The molecule has 104 valence electrons. The van der Waals surface area contributed by atoms with Crippen LogP contribution in [0.5, 0.6) is 0 Å². The average molecular weight is 257 g/mol. The molecule has 1 unspecified atom stereocenters. The Bertz CT molecular complexity index is 343. The summed E-state index contributed by atoms with van der Waals surface area (Å²) in [5, 5.41) is 0. The van der Waals surface area contributed by atoms with Gasteiger partial charge in [-0.3, -0.25) is 9.69 Å². The number of hydrogen-bond acceptors (Lipinski definition) is 4. The van der Waals surface area contributed by atoms with Crippen LogP contribution < -0.4 is 0 Å². The van der Waals surface area contributed by atoms with Crippen LogP contribution in [0, 0.1) is 0 Å².